The first-order valence-corrected chi connectivity index (χ1v) is 7.70. The van der Waals surface area contributed by atoms with Crippen LogP contribution in [0.5, 0.6) is 0 Å². The van der Waals surface area contributed by atoms with Crippen LogP contribution in [0.25, 0.3) is 0 Å². The quantitative estimate of drug-likeness (QED) is 0.833. The molecule has 4 heteroatoms. The predicted molar refractivity (Wildman–Crippen MR) is 82.1 cm³/mol. The Bertz CT molecular complexity index is 417. The SMILES string of the molecule is Cc1ccc(C(C(C)N)N(CCC#N)CC(C)C)s1. The molecule has 2 N–H and O–H groups in total. The molecule has 0 aliphatic rings. The van der Waals surface area contributed by atoms with E-state index in [2.05, 4.69) is 50.8 Å². The average Bonchev–Trinajstić information content (AvgIpc) is 2.71. The highest BCUT2D eigenvalue weighted by Crippen LogP contribution is 2.30. The molecule has 3 nitrogen and oxygen atoms in total. The summed E-state index contributed by atoms with van der Waals surface area (Å²) in [6.45, 7) is 10.4. The van der Waals surface area contributed by atoms with Crippen LogP contribution in [-0.2, 0) is 0 Å². The summed E-state index contributed by atoms with van der Waals surface area (Å²) in [5.41, 5.74) is 6.21. The number of nitrogens with zero attached hydrogens (tertiary/aromatic N) is 2. The maximum absolute atomic E-state index is 8.84. The first-order valence-electron chi connectivity index (χ1n) is 6.88. The molecule has 0 saturated carbocycles. The molecule has 0 saturated heterocycles. The van der Waals surface area contributed by atoms with Crippen molar-refractivity contribution in [3.8, 4) is 6.07 Å². The molecule has 0 fully saturated rings. The monoisotopic (exact) mass is 279 g/mol. The first-order chi connectivity index (χ1) is 8.95. The van der Waals surface area contributed by atoms with Crippen molar-refractivity contribution in [2.75, 3.05) is 13.1 Å². The summed E-state index contributed by atoms with van der Waals surface area (Å²) in [5.74, 6) is 0.570. The van der Waals surface area contributed by atoms with Crippen LogP contribution in [0.15, 0.2) is 12.1 Å². The zero-order valence-corrected chi connectivity index (χ0v) is 13.2. The summed E-state index contributed by atoms with van der Waals surface area (Å²) in [7, 11) is 0. The van der Waals surface area contributed by atoms with Crippen molar-refractivity contribution in [2.24, 2.45) is 11.7 Å². The van der Waals surface area contributed by atoms with Crippen molar-refractivity contribution >= 4 is 11.3 Å². The van der Waals surface area contributed by atoms with Gasteiger partial charge >= 0.3 is 0 Å². The van der Waals surface area contributed by atoms with Crippen LogP contribution >= 0.6 is 11.3 Å². The molecule has 2 atom stereocenters. The van der Waals surface area contributed by atoms with Gasteiger partial charge in [-0.25, -0.2) is 0 Å². The number of aryl methyl sites for hydroxylation is 1. The Morgan fingerprint density at radius 1 is 1.37 bits per heavy atom. The predicted octanol–water partition coefficient (Wildman–Crippen LogP) is 3.32. The highest BCUT2D eigenvalue weighted by Gasteiger charge is 2.25. The Balaban J connectivity index is 2.94. The van der Waals surface area contributed by atoms with Crippen molar-refractivity contribution in [2.45, 2.75) is 46.2 Å². The molecule has 0 spiro atoms. The topological polar surface area (TPSA) is 53.0 Å². The van der Waals surface area contributed by atoms with E-state index in [1.807, 2.05) is 11.3 Å². The van der Waals surface area contributed by atoms with E-state index in [0.717, 1.165) is 13.1 Å². The van der Waals surface area contributed by atoms with Gasteiger partial charge < -0.3 is 5.73 Å². The first kappa shape index (κ1) is 16.2. The Morgan fingerprint density at radius 3 is 2.47 bits per heavy atom. The molecule has 1 heterocycles. The van der Waals surface area contributed by atoms with E-state index in [0.29, 0.717) is 12.3 Å². The van der Waals surface area contributed by atoms with Gasteiger partial charge in [-0.05, 0) is 31.9 Å². The second-order valence-electron chi connectivity index (χ2n) is 5.55. The van der Waals surface area contributed by atoms with Crippen LogP contribution in [0, 0.1) is 24.2 Å². The van der Waals surface area contributed by atoms with Crippen molar-refractivity contribution in [1.82, 2.24) is 4.90 Å². The number of hydrogen-bond donors (Lipinski definition) is 1. The minimum absolute atomic E-state index is 0.0653. The van der Waals surface area contributed by atoms with Gasteiger partial charge in [0, 0.05) is 35.3 Å². The fourth-order valence-electron chi connectivity index (χ4n) is 2.39. The van der Waals surface area contributed by atoms with Gasteiger partial charge in [-0.2, -0.15) is 5.26 Å². The minimum atomic E-state index is 0.0653. The minimum Gasteiger partial charge on any atom is -0.326 e. The van der Waals surface area contributed by atoms with E-state index in [9.17, 15) is 0 Å². The fourth-order valence-corrected chi connectivity index (χ4v) is 3.52. The average molecular weight is 279 g/mol. The molecule has 1 rings (SSSR count). The molecule has 0 aliphatic heterocycles. The van der Waals surface area contributed by atoms with Crippen molar-refractivity contribution in [3.05, 3.63) is 21.9 Å². The van der Waals surface area contributed by atoms with Crippen LogP contribution < -0.4 is 5.73 Å². The van der Waals surface area contributed by atoms with Gasteiger partial charge in [0.2, 0.25) is 0 Å². The summed E-state index contributed by atoms with van der Waals surface area (Å²) >= 11 is 1.81. The normalized spacial score (nSPS) is 14.6. The third-order valence-corrected chi connectivity index (χ3v) is 4.13. The largest absolute Gasteiger partial charge is 0.326 e. The summed E-state index contributed by atoms with van der Waals surface area (Å²) in [4.78, 5) is 4.99. The van der Waals surface area contributed by atoms with Gasteiger partial charge in [0.25, 0.3) is 0 Å². The van der Waals surface area contributed by atoms with Gasteiger partial charge in [-0.15, -0.1) is 11.3 Å². The van der Waals surface area contributed by atoms with Gasteiger partial charge in [0.15, 0.2) is 0 Å². The molecule has 1 aromatic heterocycles. The number of thiophene rings is 1. The zero-order chi connectivity index (χ0) is 14.4. The van der Waals surface area contributed by atoms with E-state index in [1.165, 1.54) is 9.75 Å². The number of nitrogens with two attached hydrogens (primary N) is 1. The second-order valence-corrected chi connectivity index (χ2v) is 6.87. The lowest BCUT2D eigenvalue weighted by atomic mass is 10.0. The van der Waals surface area contributed by atoms with Crippen LogP contribution in [0.2, 0.25) is 0 Å². The van der Waals surface area contributed by atoms with Crippen molar-refractivity contribution in [1.29, 1.82) is 5.26 Å². The molecule has 0 amide bonds. The van der Waals surface area contributed by atoms with Crippen LogP contribution in [0.4, 0.5) is 0 Å². The molecule has 0 aliphatic carbocycles. The van der Waals surface area contributed by atoms with Crippen molar-refractivity contribution in [3.63, 3.8) is 0 Å². The Labute approximate surface area is 121 Å². The molecular formula is C15H25N3S. The Morgan fingerprint density at radius 2 is 2.05 bits per heavy atom. The van der Waals surface area contributed by atoms with E-state index >= 15 is 0 Å². The smallest absolute Gasteiger partial charge is 0.0635 e. The van der Waals surface area contributed by atoms with E-state index < -0.39 is 0 Å². The third kappa shape index (κ3) is 4.94. The lowest BCUT2D eigenvalue weighted by Gasteiger charge is -2.34. The molecule has 2 unspecified atom stereocenters. The molecule has 0 aromatic carbocycles. The molecule has 0 radical (unpaired) electrons. The Hall–Kier alpha value is -0.890. The highest BCUT2D eigenvalue weighted by atomic mass is 32.1. The van der Waals surface area contributed by atoms with Crippen LogP contribution in [0.1, 0.15) is 43.0 Å². The maximum atomic E-state index is 8.84. The molecule has 106 valence electrons. The standard InChI is InChI=1S/C15H25N3S/c1-11(2)10-18(9-5-8-16)15(13(4)17)14-7-6-12(3)19-14/h6-7,11,13,15H,5,9-10,17H2,1-4H3. The van der Waals surface area contributed by atoms with E-state index in [1.54, 1.807) is 0 Å². The van der Waals surface area contributed by atoms with Crippen LogP contribution in [-0.4, -0.2) is 24.0 Å². The summed E-state index contributed by atoms with van der Waals surface area (Å²) in [5, 5.41) is 8.84. The van der Waals surface area contributed by atoms with Gasteiger partial charge in [0.05, 0.1) is 12.1 Å². The summed E-state index contributed by atoms with van der Waals surface area (Å²) in [6, 6.07) is 6.85. The molecule has 19 heavy (non-hydrogen) atoms. The molecule has 1 aromatic rings. The summed E-state index contributed by atoms with van der Waals surface area (Å²) in [6.07, 6.45) is 0.556. The van der Waals surface area contributed by atoms with Gasteiger partial charge in [-0.1, -0.05) is 13.8 Å². The molecular weight excluding hydrogens is 254 g/mol. The van der Waals surface area contributed by atoms with Crippen molar-refractivity contribution < 1.29 is 0 Å². The number of nitriles is 1. The lowest BCUT2D eigenvalue weighted by Crippen LogP contribution is -2.41. The van der Waals surface area contributed by atoms with Gasteiger partial charge in [-0.3, -0.25) is 4.90 Å². The Kier molecular flexibility index (Phi) is 6.50. The van der Waals surface area contributed by atoms with E-state index in [-0.39, 0.29) is 12.1 Å². The zero-order valence-electron chi connectivity index (χ0n) is 12.4. The van der Waals surface area contributed by atoms with E-state index in [4.69, 9.17) is 11.0 Å². The number of rotatable bonds is 7. The highest BCUT2D eigenvalue weighted by molar-refractivity contribution is 7.12. The number of hydrogen-bond acceptors (Lipinski definition) is 4. The maximum Gasteiger partial charge on any atom is 0.0635 e. The molecule has 0 bridgehead atoms. The lowest BCUT2D eigenvalue weighted by molar-refractivity contribution is 0.163. The second kappa shape index (κ2) is 7.64. The third-order valence-electron chi connectivity index (χ3n) is 3.05. The summed E-state index contributed by atoms with van der Waals surface area (Å²) < 4.78 is 0. The fraction of sp³-hybridized carbons (Fsp3) is 0.667. The van der Waals surface area contributed by atoms with Gasteiger partial charge in [0.1, 0.15) is 0 Å². The van der Waals surface area contributed by atoms with Crippen LogP contribution in [0.3, 0.4) is 0 Å².